The predicted octanol–water partition coefficient (Wildman–Crippen LogP) is 1.72. The number of likely N-dealkylation sites (tertiary alicyclic amines) is 1. The molecule has 0 aliphatic carbocycles. The second-order valence-electron chi connectivity index (χ2n) is 5.38. The maximum Gasteiger partial charge on any atom is 0.239 e. The third-order valence-corrected chi connectivity index (χ3v) is 4.02. The summed E-state index contributed by atoms with van der Waals surface area (Å²) < 4.78 is 0. The fourth-order valence-corrected chi connectivity index (χ4v) is 2.42. The number of nitrogens with zero attached hydrogens (tertiary/aromatic N) is 1. The number of carbonyl (C=O) groups is 1. The first-order valence-electron chi connectivity index (χ1n) is 5.99. The first-order valence-corrected chi connectivity index (χ1v) is 7.39. The first-order chi connectivity index (χ1) is 7.46. The molecule has 16 heavy (non-hydrogen) atoms. The molecule has 2 N–H and O–H groups in total. The van der Waals surface area contributed by atoms with E-state index >= 15 is 0 Å². The van der Waals surface area contributed by atoms with Crippen LogP contribution in [0.2, 0.25) is 0 Å². The summed E-state index contributed by atoms with van der Waals surface area (Å²) in [6.45, 7) is 6.28. The second-order valence-corrected chi connectivity index (χ2v) is 6.36. The van der Waals surface area contributed by atoms with Gasteiger partial charge in [-0.05, 0) is 36.7 Å². The number of amides is 1. The molecule has 1 rings (SSSR count). The van der Waals surface area contributed by atoms with E-state index in [9.17, 15) is 4.79 Å². The van der Waals surface area contributed by atoms with Crippen LogP contribution in [0.5, 0.6) is 0 Å². The average Bonchev–Trinajstić information content (AvgIpc) is 2.25. The van der Waals surface area contributed by atoms with E-state index in [1.165, 1.54) is 0 Å². The van der Waals surface area contributed by atoms with E-state index in [2.05, 4.69) is 13.8 Å². The summed E-state index contributed by atoms with van der Waals surface area (Å²) in [7, 11) is 0. The second kappa shape index (κ2) is 5.92. The van der Waals surface area contributed by atoms with Gasteiger partial charge in [0.25, 0.3) is 0 Å². The van der Waals surface area contributed by atoms with Crippen LogP contribution in [0.3, 0.4) is 0 Å². The van der Waals surface area contributed by atoms with Crippen LogP contribution in [0, 0.1) is 5.41 Å². The van der Waals surface area contributed by atoms with E-state index in [-0.39, 0.29) is 11.9 Å². The van der Waals surface area contributed by atoms with Gasteiger partial charge in [-0.3, -0.25) is 4.79 Å². The maximum absolute atomic E-state index is 12.0. The Bertz CT molecular complexity index is 233. The van der Waals surface area contributed by atoms with Crippen LogP contribution < -0.4 is 5.73 Å². The van der Waals surface area contributed by atoms with Gasteiger partial charge >= 0.3 is 0 Å². The zero-order chi connectivity index (χ0) is 12.2. The topological polar surface area (TPSA) is 46.3 Å². The number of rotatable bonds is 4. The van der Waals surface area contributed by atoms with Crippen LogP contribution in [0.4, 0.5) is 0 Å². The van der Waals surface area contributed by atoms with E-state index in [0.717, 1.165) is 38.1 Å². The highest BCUT2D eigenvalue weighted by atomic mass is 32.2. The molecule has 3 nitrogen and oxygen atoms in total. The van der Waals surface area contributed by atoms with Crippen LogP contribution >= 0.6 is 11.8 Å². The van der Waals surface area contributed by atoms with Gasteiger partial charge in [-0.15, -0.1) is 0 Å². The van der Waals surface area contributed by atoms with Crippen molar-refractivity contribution in [1.82, 2.24) is 4.90 Å². The van der Waals surface area contributed by atoms with Crippen molar-refractivity contribution in [3.63, 3.8) is 0 Å². The van der Waals surface area contributed by atoms with Crippen LogP contribution in [0.25, 0.3) is 0 Å². The number of nitrogens with two attached hydrogens (primary N) is 1. The lowest BCUT2D eigenvalue weighted by Crippen LogP contribution is -2.48. The summed E-state index contributed by atoms with van der Waals surface area (Å²) in [6.07, 6.45) is 5.02. The molecule has 1 heterocycles. The Labute approximate surface area is 103 Å². The van der Waals surface area contributed by atoms with E-state index in [1.807, 2.05) is 11.2 Å². The zero-order valence-corrected chi connectivity index (χ0v) is 11.5. The zero-order valence-electron chi connectivity index (χ0n) is 10.7. The summed E-state index contributed by atoms with van der Waals surface area (Å²) in [6, 6.07) is -0.298. The molecule has 4 heteroatoms. The fraction of sp³-hybridized carbons (Fsp3) is 0.917. The first kappa shape index (κ1) is 13.8. The molecule has 0 aromatic carbocycles. The third kappa shape index (κ3) is 3.98. The molecule has 0 bridgehead atoms. The third-order valence-electron chi connectivity index (χ3n) is 3.38. The molecular formula is C12H24N2OS. The molecule has 1 amide bonds. The minimum absolute atomic E-state index is 0.143. The van der Waals surface area contributed by atoms with Crippen molar-refractivity contribution in [3.05, 3.63) is 0 Å². The number of piperidine rings is 1. The van der Waals surface area contributed by atoms with Gasteiger partial charge in [-0.1, -0.05) is 13.8 Å². The summed E-state index contributed by atoms with van der Waals surface area (Å²) in [4.78, 5) is 13.9. The van der Waals surface area contributed by atoms with Gasteiger partial charge in [0.2, 0.25) is 5.91 Å². The van der Waals surface area contributed by atoms with E-state index in [0.29, 0.717) is 5.41 Å². The summed E-state index contributed by atoms with van der Waals surface area (Å²) in [5, 5.41) is 0. The highest BCUT2D eigenvalue weighted by Gasteiger charge is 2.29. The predicted molar refractivity (Wildman–Crippen MR) is 70.6 cm³/mol. The standard InChI is InChI=1S/C12H24N2OS/c1-12(2)5-7-14(8-6-12)11(15)10(13)4-9-16-3/h10H,4-9,13H2,1-3H3. The largest absolute Gasteiger partial charge is 0.341 e. The normalized spacial score (nSPS) is 21.9. The van der Waals surface area contributed by atoms with Crippen molar-refractivity contribution < 1.29 is 4.79 Å². The average molecular weight is 244 g/mol. The molecule has 1 aliphatic heterocycles. The van der Waals surface area contributed by atoms with Crippen LogP contribution in [-0.2, 0) is 4.79 Å². The van der Waals surface area contributed by atoms with Gasteiger partial charge in [0, 0.05) is 13.1 Å². The van der Waals surface area contributed by atoms with Gasteiger partial charge in [0.05, 0.1) is 6.04 Å². The van der Waals surface area contributed by atoms with Crippen LogP contribution in [-0.4, -0.2) is 41.9 Å². The minimum atomic E-state index is -0.298. The Morgan fingerprint density at radius 1 is 1.44 bits per heavy atom. The Morgan fingerprint density at radius 3 is 2.50 bits per heavy atom. The number of hydrogen-bond donors (Lipinski definition) is 1. The van der Waals surface area contributed by atoms with E-state index < -0.39 is 0 Å². The minimum Gasteiger partial charge on any atom is -0.341 e. The smallest absolute Gasteiger partial charge is 0.239 e. The van der Waals surface area contributed by atoms with Crippen LogP contribution in [0.1, 0.15) is 33.1 Å². The van der Waals surface area contributed by atoms with Crippen molar-refractivity contribution in [2.45, 2.75) is 39.2 Å². The van der Waals surface area contributed by atoms with Crippen molar-refractivity contribution in [3.8, 4) is 0 Å². The summed E-state index contributed by atoms with van der Waals surface area (Å²) in [5.41, 5.74) is 6.29. The lowest BCUT2D eigenvalue weighted by atomic mass is 9.82. The molecule has 1 fully saturated rings. The van der Waals surface area contributed by atoms with Crippen molar-refractivity contribution in [2.75, 3.05) is 25.1 Å². The van der Waals surface area contributed by atoms with Gasteiger partial charge in [-0.2, -0.15) is 11.8 Å². The molecule has 1 saturated heterocycles. The molecule has 1 atom stereocenters. The highest BCUT2D eigenvalue weighted by molar-refractivity contribution is 7.98. The number of thioether (sulfide) groups is 1. The Hall–Kier alpha value is -0.220. The molecule has 94 valence electrons. The quantitative estimate of drug-likeness (QED) is 0.819. The molecule has 0 aromatic rings. The van der Waals surface area contributed by atoms with E-state index in [4.69, 9.17) is 5.73 Å². The fourth-order valence-electron chi connectivity index (χ4n) is 1.94. The van der Waals surface area contributed by atoms with Gasteiger partial charge < -0.3 is 10.6 Å². The van der Waals surface area contributed by atoms with Gasteiger partial charge in [0.15, 0.2) is 0 Å². The molecule has 1 unspecified atom stereocenters. The lowest BCUT2D eigenvalue weighted by molar-refractivity contribution is -0.134. The van der Waals surface area contributed by atoms with Gasteiger partial charge in [-0.25, -0.2) is 0 Å². The van der Waals surface area contributed by atoms with Crippen molar-refractivity contribution >= 4 is 17.7 Å². The molecule has 0 aromatic heterocycles. The number of hydrogen-bond acceptors (Lipinski definition) is 3. The molecule has 0 saturated carbocycles. The van der Waals surface area contributed by atoms with Crippen LogP contribution in [0.15, 0.2) is 0 Å². The van der Waals surface area contributed by atoms with E-state index in [1.54, 1.807) is 11.8 Å². The SMILES string of the molecule is CSCCC(N)C(=O)N1CCC(C)(C)CC1. The summed E-state index contributed by atoms with van der Waals surface area (Å²) >= 11 is 1.74. The Balaban J connectivity index is 2.38. The lowest BCUT2D eigenvalue weighted by Gasteiger charge is -2.37. The molecule has 1 aliphatic rings. The maximum atomic E-state index is 12.0. The highest BCUT2D eigenvalue weighted by Crippen LogP contribution is 2.29. The molecule has 0 radical (unpaired) electrons. The summed E-state index contributed by atoms with van der Waals surface area (Å²) in [5.74, 6) is 1.11. The van der Waals surface area contributed by atoms with Crippen molar-refractivity contribution in [1.29, 1.82) is 0 Å². The Morgan fingerprint density at radius 2 is 2.00 bits per heavy atom. The Kier molecular flexibility index (Phi) is 5.12. The molecular weight excluding hydrogens is 220 g/mol. The molecule has 0 spiro atoms. The number of carbonyl (C=O) groups excluding carboxylic acids is 1. The van der Waals surface area contributed by atoms with Gasteiger partial charge in [0.1, 0.15) is 0 Å². The van der Waals surface area contributed by atoms with Crippen molar-refractivity contribution in [2.24, 2.45) is 11.1 Å². The monoisotopic (exact) mass is 244 g/mol.